The second-order valence-corrected chi connectivity index (χ2v) is 4.59. The molecule has 0 bridgehead atoms. The first-order valence-electron chi connectivity index (χ1n) is 5.81. The van der Waals surface area contributed by atoms with Crippen molar-refractivity contribution in [3.05, 3.63) is 41.1 Å². The highest BCUT2D eigenvalue weighted by Gasteiger charge is 2.29. The Labute approximate surface area is 99.1 Å². The van der Waals surface area contributed by atoms with E-state index in [0.29, 0.717) is 11.5 Å². The molecule has 0 saturated heterocycles. The average Bonchev–Trinajstić information content (AvgIpc) is 3.11. The van der Waals surface area contributed by atoms with Gasteiger partial charge in [0.2, 0.25) is 0 Å². The van der Waals surface area contributed by atoms with E-state index in [9.17, 15) is 9.90 Å². The molecule has 0 spiro atoms. The number of nitrogens with zero attached hydrogens (tertiary/aromatic N) is 1. The maximum atomic E-state index is 11.4. The summed E-state index contributed by atoms with van der Waals surface area (Å²) in [6, 6.07) is 7.46. The first kappa shape index (κ1) is 10.3. The molecule has 3 rings (SSSR count). The molecule has 1 heterocycles. The van der Waals surface area contributed by atoms with Gasteiger partial charge in [0.15, 0.2) is 0 Å². The fraction of sp³-hybridized carbons (Fsp3) is 0.286. The van der Waals surface area contributed by atoms with Crippen LogP contribution in [0.5, 0.6) is 0 Å². The summed E-state index contributed by atoms with van der Waals surface area (Å²) in [5.41, 5.74) is 3.01. The van der Waals surface area contributed by atoms with E-state index in [2.05, 4.69) is 4.98 Å². The minimum atomic E-state index is -0.858. The molecule has 0 atom stereocenters. The molecule has 0 amide bonds. The number of fused-ring (bicyclic) bond motifs is 1. The summed E-state index contributed by atoms with van der Waals surface area (Å²) in [6.07, 6.45) is 2.26. The van der Waals surface area contributed by atoms with Gasteiger partial charge < -0.3 is 5.11 Å². The Bertz CT molecular complexity index is 615. The third kappa shape index (κ3) is 1.58. The van der Waals surface area contributed by atoms with Gasteiger partial charge in [-0.1, -0.05) is 18.2 Å². The second kappa shape index (κ2) is 3.55. The van der Waals surface area contributed by atoms with E-state index in [1.165, 1.54) is 0 Å². The van der Waals surface area contributed by atoms with Crippen molar-refractivity contribution < 1.29 is 9.90 Å². The maximum Gasteiger partial charge on any atom is 0.336 e. The molecule has 1 saturated carbocycles. The van der Waals surface area contributed by atoms with Gasteiger partial charge in [-0.2, -0.15) is 0 Å². The highest BCUT2D eigenvalue weighted by Crippen LogP contribution is 2.42. The first-order valence-corrected chi connectivity index (χ1v) is 5.81. The minimum Gasteiger partial charge on any atom is -0.478 e. The molecule has 3 nitrogen and oxygen atoms in total. The number of aromatic carboxylic acids is 1. The fourth-order valence-electron chi connectivity index (χ4n) is 2.36. The first-order chi connectivity index (χ1) is 8.18. The van der Waals surface area contributed by atoms with Crippen LogP contribution in [0.15, 0.2) is 24.3 Å². The second-order valence-electron chi connectivity index (χ2n) is 4.59. The minimum absolute atomic E-state index is 0.414. The zero-order valence-electron chi connectivity index (χ0n) is 9.60. The lowest BCUT2D eigenvalue weighted by Gasteiger charge is -2.10. The Balaban J connectivity index is 2.38. The van der Waals surface area contributed by atoms with E-state index in [0.717, 1.165) is 35.0 Å². The summed E-state index contributed by atoms with van der Waals surface area (Å²) < 4.78 is 0. The van der Waals surface area contributed by atoms with Gasteiger partial charge in [-0.3, -0.25) is 4.98 Å². The van der Waals surface area contributed by atoms with Gasteiger partial charge in [0, 0.05) is 17.0 Å². The lowest BCUT2D eigenvalue weighted by atomic mass is 9.99. The number of benzene rings is 1. The van der Waals surface area contributed by atoms with Gasteiger partial charge >= 0.3 is 5.97 Å². The van der Waals surface area contributed by atoms with Crippen LogP contribution < -0.4 is 0 Å². The molecule has 1 N–H and O–H groups in total. The number of pyridine rings is 1. The van der Waals surface area contributed by atoms with E-state index < -0.39 is 5.97 Å². The van der Waals surface area contributed by atoms with Crippen LogP contribution in [0, 0.1) is 6.92 Å². The van der Waals surface area contributed by atoms with Crippen LogP contribution in [-0.4, -0.2) is 16.1 Å². The molecule has 1 aromatic heterocycles. The van der Waals surface area contributed by atoms with Crippen molar-refractivity contribution in [1.82, 2.24) is 4.98 Å². The Morgan fingerprint density at radius 2 is 2.06 bits per heavy atom. The van der Waals surface area contributed by atoms with Crippen LogP contribution in [0.4, 0.5) is 0 Å². The van der Waals surface area contributed by atoms with Crippen molar-refractivity contribution in [2.24, 2.45) is 0 Å². The molecular weight excluding hydrogens is 214 g/mol. The van der Waals surface area contributed by atoms with Crippen LogP contribution in [-0.2, 0) is 0 Å². The van der Waals surface area contributed by atoms with Crippen molar-refractivity contribution in [3.8, 4) is 0 Å². The Morgan fingerprint density at radius 3 is 2.71 bits per heavy atom. The molecule has 1 aliphatic carbocycles. The molecule has 3 heteroatoms. The molecule has 17 heavy (non-hydrogen) atoms. The fourth-order valence-corrected chi connectivity index (χ4v) is 2.36. The topological polar surface area (TPSA) is 50.2 Å². The summed E-state index contributed by atoms with van der Waals surface area (Å²) >= 11 is 0. The molecule has 1 aromatic carbocycles. The van der Waals surface area contributed by atoms with Crippen LogP contribution >= 0.6 is 0 Å². The Morgan fingerprint density at radius 1 is 1.35 bits per heavy atom. The summed E-state index contributed by atoms with van der Waals surface area (Å²) in [7, 11) is 0. The van der Waals surface area contributed by atoms with Gasteiger partial charge in [0.05, 0.1) is 11.1 Å². The van der Waals surface area contributed by atoms with E-state index in [4.69, 9.17) is 0 Å². The van der Waals surface area contributed by atoms with E-state index >= 15 is 0 Å². The van der Waals surface area contributed by atoms with Gasteiger partial charge in [-0.15, -0.1) is 0 Å². The third-order valence-electron chi connectivity index (χ3n) is 3.35. The zero-order chi connectivity index (χ0) is 12.0. The third-order valence-corrected chi connectivity index (χ3v) is 3.35. The van der Waals surface area contributed by atoms with Crippen molar-refractivity contribution in [2.45, 2.75) is 25.7 Å². The van der Waals surface area contributed by atoms with E-state index in [1.807, 2.05) is 31.2 Å². The number of aromatic nitrogens is 1. The van der Waals surface area contributed by atoms with Crippen LogP contribution in [0.1, 0.15) is 40.4 Å². The average molecular weight is 227 g/mol. The summed E-state index contributed by atoms with van der Waals surface area (Å²) in [5, 5.41) is 10.1. The van der Waals surface area contributed by atoms with Crippen molar-refractivity contribution in [3.63, 3.8) is 0 Å². The molecule has 1 aliphatic rings. The van der Waals surface area contributed by atoms with Gasteiger partial charge in [-0.05, 0) is 31.4 Å². The number of carboxylic acid groups (broad SMARTS) is 1. The van der Waals surface area contributed by atoms with Crippen LogP contribution in [0.2, 0.25) is 0 Å². The molecule has 1 fully saturated rings. The lowest BCUT2D eigenvalue weighted by Crippen LogP contribution is -2.06. The molecule has 2 aromatic rings. The zero-order valence-corrected chi connectivity index (χ0v) is 9.60. The van der Waals surface area contributed by atoms with Crippen LogP contribution in [0.25, 0.3) is 10.9 Å². The molecular formula is C14H13NO2. The molecule has 0 aliphatic heterocycles. The molecule has 86 valence electrons. The number of hydrogen-bond donors (Lipinski definition) is 1. The SMILES string of the molecule is Cc1c(C2CC2)nc2ccccc2c1C(=O)O. The Hall–Kier alpha value is -1.90. The lowest BCUT2D eigenvalue weighted by molar-refractivity contribution is 0.0698. The highest BCUT2D eigenvalue weighted by molar-refractivity contribution is 6.04. The number of hydrogen-bond acceptors (Lipinski definition) is 2. The van der Waals surface area contributed by atoms with Gasteiger partial charge in [-0.25, -0.2) is 4.79 Å². The van der Waals surface area contributed by atoms with Crippen molar-refractivity contribution in [1.29, 1.82) is 0 Å². The largest absolute Gasteiger partial charge is 0.478 e. The summed E-state index contributed by atoms with van der Waals surface area (Å²) in [5.74, 6) is -0.388. The normalized spacial score (nSPS) is 15.1. The molecule has 0 unspecified atom stereocenters. The highest BCUT2D eigenvalue weighted by atomic mass is 16.4. The van der Waals surface area contributed by atoms with Gasteiger partial charge in [0.1, 0.15) is 0 Å². The predicted octanol–water partition coefficient (Wildman–Crippen LogP) is 3.12. The van der Waals surface area contributed by atoms with Crippen LogP contribution in [0.3, 0.4) is 0 Å². The molecule has 0 radical (unpaired) electrons. The number of carboxylic acids is 1. The predicted molar refractivity (Wildman–Crippen MR) is 65.4 cm³/mol. The van der Waals surface area contributed by atoms with Gasteiger partial charge in [0.25, 0.3) is 0 Å². The number of para-hydroxylation sites is 1. The monoisotopic (exact) mass is 227 g/mol. The standard InChI is InChI=1S/C14H13NO2/c1-8-12(14(16)17)10-4-2-3-5-11(10)15-13(8)9-6-7-9/h2-5,9H,6-7H2,1H3,(H,16,17). The number of rotatable bonds is 2. The maximum absolute atomic E-state index is 11.4. The van der Waals surface area contributed by atoms with E-state index in [-0.39, 0.29) is 0 Å². The van der Waals surface area contributed by atoms with Crippen molar-refractivity contribution in [2.75, 3.05) is 0 Å². The quantitative estimate of drug-likeness (QED) is 0.857. The van der Waals surface area contributed by atoms with Crippen molar-refractivity contribution >= 4 is 16.9 Å². The smallest absolute Gasteiger partial charge is 0.336 e. The summed E-state index contributed by atoms with van der Waals surface area (Å²) in [4.78, 5) is 16.0. The number of carbonyl (C=O) groups is 1. The summed E-state index contributed by atoms with van der Waals surface area (Å²) in [6.45, 7) is 1.87. The Kier molecular flexibility index (Phi) is 2.15. The van der Waals surface area contributed by atoms with E-state index in [1.54, 1.807) is 0 Å².